The third-order valence-corrected chi connectivity index (χ3v) is 15.8. The fourth-order valence-corrected chi connectivity index (χ4v) is 14.0. The molecule has 0 spiro atoms. The molecule has 0 aliphatic carbocycles. The van der Waals surface area contributed by atoms with Gasteiger partial charge in [0, 0.05) is 27.3 Å². The van der Waals surface area contributed by atoms with Gasteiger partial charge in [-0.2, -0.15) is 0 Å². The molecule has 0 N–H and O–H groups in total. The summed E-state index contributed by atoms with van der Waals surface area (Å²) < 4.78 is 16.1. The highest BCUT2D eigenvalue weighted by Crippen LogP contribution is 2.38. The highest BCUT2D eigenvalue weighted by molar-refractivity contribution is 7.11. The second-order valence-electron chi connectivity index (χ2n) is 14.0. The molecule has 2 aliphatic heterocycles. The molecule has 0 saturated carbocycles. The Labute approximate surface area is 309 Å². The lowest BCUT2D eigenvalue weighted by atomic mass is 9.35. The van der Waals surface area contributed by atoms with Crippen molar-refractivity contribution in [3.05, 3.63) is 194 Å². The number of aromatic nitrogens is 1. The predicted molar refractivity (Wildman–Crippen MR) is 222 cm³/mol. The highest BCUT2D eigenvalue weighted by Gasteiger charge is 2.45. The molecule has 0 atom stereocenters. The summed E-state index contributed by atoms with van der Waals surface area (Å²) in [5.74, 6) is 3.48. The monoisotopic (exact) mass is 693 g/mol. The normalized spacial score (nSPS) is 12.8. The van der Waals surface area contributed by atoms with Crippen molar-refractivity contribution in [1.29, 1.82) is 0 Å². The van der Waals surface area contributed by atoms with Gasteiger partial charge in [0.15, 0.2) is 0 Å². The molecule has 0 unspecified atom stereocenters. The third kappa shape index (κ3) is 4.41. The Balaban J connectivity index is 1.19. The van der Waals surface area contributed by atoms with Gasteiger partial charge in [0.1, 0.15) is 23.0 Å². The highest BCUT2D eigenvalue weighted by atomic mass is 28.3. The molecule has 8 aromatic carbocycles. The van der Waals surface area contributed by atoms with Crippen molar-refractivity contribution in [2.75, 3.05) is 0 Å². The van der Waals surface area contributed by atoms with E-state index in [0.29, 0.717) is 0 Å². The number of rotatable bonds is 5. The van der Waals surface area contributed by atoms with Gasteiger partial charge in [0.05, 0.1) is 0 Å². The van der Waals surface area contributed by atoms with E-state index in [1.807, 2.05) is 0 Å². The first-order valence-electron chi connectivity index (χ1n) is 18.2. The molecular weight excluding hydrogens is 661 g/mol. The number of hydrogen-bond acceptors (Lipinski definition) is 2. The Morgan fingerprint density at radius 1 is 0.377 bits per heavy atom. The van der Waals surface area contributed by atoms with E-state index in [1.165, 1.54) is 48.3 Å². The van der Waals surface area contributed by atoms with Crippen molar-refractivity contribution in [2.24, 2.45) is 0 Å². The van der Waals surface area contributed by atoms with Crippen LogP contribution >= 0.6 is 0 Å². The van der Waals surface area contributed by atoms with E-state index < -0.39 is 8.24 Å². The van der Waals surface area contributed by atoms with Gasteiger partial charge in [-0.15, -0.1) is 0 Å². The quantitative estimate of drug-likeness (QED) is 0.136. The number of nitrogens with zero attached hydrogens (tertiary/aromatic N) is 1. The first-order valence-corrected chi connectivity index (χ1v) is 20.2. The Hall–Kier alpha value is -6.56. The maximum atomic E-state index is 6.72. The molecule has 0 amide bonds. The first kappa shape index (κ1) is 30.1. The van der Waals surface area contributed by atoms with Crippen molar-refractivity contribution in [2.45, 2.75) is 0 Å². The van der Waals surface area contributed by atoms with Crippen LogP contribution in [0.4, 0.5) is 0 Å². The van der Waals surface area contributed by atoms with Crippen molar-refractivity contribution in [1.82, 2.24) is 4.23 Å². The van der Waals surface area contributed by atoms with E-state index in [0.717, 1.165) is 39.6 Å². The van der Waals surface area contributed by atoms with Gasteiger partial charge in [-0.05, 0) is 74.0 Å². The van der Waals surface area contributed by atoms with Crippen LogP contribution in [-0.4, -0.2) is 19.2 Å². The molecule has 5 heteroatoms. The molecule has 0 saturated heterocycles. The lowest BCUT2D eigenvalue weighted by Gasteiger charge is -2.37. The summed E-state index contributed by atoms with van der Waals surface area (Å²) in [6, 6.07) is 70.5. The van der Waals surface area contributed by atoms with Crippen molar-refractivity contribution >= 4 is 68.7 Å². The van der Waals surface area contributed by atoms with E-state index in [9.17, 15) is 0 Å². The minimum absolute atomic E-state index is 0.0433. The molecule has 2 aliphatic rings. The smallest absolute Gasteiger partial charge is 0.260 e. The Morgan fingerprint density at radius 3 is 1.42 bits per heavy atom. The Bertz CT molecular complexity index is 2700. The van der Waals surface area contributed by atoms with Crippen molar-refractivity contribution in [3.8, 4) is 34.1 Å². The minimum atomic E-state index is -3.03. The standard InChI is InChI=1S/C48H32BNO2Si/c1-3-17-35(18-4-1)53(36-19-5-2-6-20-36,50-42-26-11-7-22-38(42)39-23-8-12-27-43(39)50)37-21-15-16-33(30-37)34-31-46-48-47(32-34)52-45-29-14-10-25-41(45)49(48)40-24-9-13-28-44(40)51-46/h1-32H. The number of fused-ring (bicyclic) bond motifs is 7. The van der Waals surface area contributed by atoms with Crippen LogP contribution in [0.2, 0.25) is 0 Å². The van der Waals surface area contributed by atoms with Crippen LogP contribution in [0.25, 0.3) is 32.9 Å². The average Bonchev–Trinajstić information content (AvgIpc) is 3.56. The first-order chi connectivity index (χ1) is 26.3. The van der Waals surface area contributed by atoms with Gasteiger partial charge in [-0.25, -0.2) is 0 Å². The van der Waals surface area contributed by atoms with Crippen molar-refractivity contribution in [3.63, 3.8) is 0 Å². The van der Waals surface area contributed by atoms with Gasteiger partial charge >= 0.3 is 0 Å². The number of benzene rings is 8. The van der Waals surface area contributed by atoms with Gasteiger partial charge in [-0.1, -0.05) is 158 Å². The number of hydrogen-bond donors (Lipinski definition) is 0. The second kappa shape index (κ2) is 11.7. The zero-order valence-corrected chi connectivity index (χ0v) is 29.8. The van der Waals surface area contributed by atoms with E-state index in [1.54, 1.807) is 0 Å². The molecule has 3 nitrogen and oxygen atoms in total. The third-order valence-electron chi connectivity index (χ3n) is 11.2. The van der Waals surface area contributed by atoms with Crippen LogP contribution in [0.1, 0.15) is 0 Å². The van der Waals surface area contributed by atoms with Crippen LogP contribution in [0, 0.1) is 0 Å². The van der Waals surface area contributed by atoms with Crippen LogP contribution < -0.4 is 41.4 Å². The van der Waals surface area contributed by atoms with Gasteiger partial charge in [0.2, 0.25) is 0 Å². The SMILES string of the molecule is c1ccc([Si](c2ccccc2)(c2cccc(-c3cc4c5c(c3)Oc3ccccc3B5c3ccccc3O4)c2)n2c3ccccc3c3ccccc32)cc1. The fraction of sp³-hybridized carbons (Fsp3) is 0. The van der Waals surface area contributed by atoms with E-state index >= 15 is 0 Å². The molecular formula is C48H32BNO2Si. The summed E-state index contributed by atoms with van der Waals surface area (Å²) in [6.45, 7) is 0.0433. The zero-order chi connectivity index (χ0) is 34.9. The second-order valence-corrected chi connectivity index (χ2v) is 17.6. The number of ether oxygens (including phenoxy) is 2. The molecule has 9 aromatic rings. The molecule has 11 rings (SSSR count). The lowest BCUT2D eigenvalue weighted by Crippen LogP contribution is -2.72. The van der Waals surface area contributed by atoms with Gasteiger partial charge < -0.3 is 13.7 Å². The summed E-state index contributed by atoms with van der Waals surface area (Å²) >= 11 is 0. The lowest BCUT2D eigenvalue weighted by molar-refractivity contribution is 0.465. The van der Waals surface area contributed by atoms with Gasteiger partial charge in [0.25, 0.3) is 14.9 Å². The van der Waals surface area contributed by atoms with E-state index in [2.05, 4.69) is 198 Å². The summed E-state index contributed by atoms with van der Waals surface area (Å²) in [5, 5.41) is 6.46. The summed E-state index contributed by atoms with van der Waals surface area (Å²) in [6.07, 6.45) is 0. The van der Waals surface area contributed by atoms with Crippen LogP contribution in [0.3, 0.4) is 0 Å². The zero-order valence-electron chi connectivity index (χ0n) is 28.8. The van der Waals surface area contributed by atoms with Crippen LogP contribution in [0.15, 0.2) is 194 Å². The molecule has 0 bridgehead atoms. The molecule has 0 fully saturated rings. The van der Waals surface area contributed by atoms with Gasteiger partial charge in [-0.3, -0.25) is 0 Å². The average molecular weight is 694 g/mol. The molecule has 0 radical (unpaired) electrons. The maximum Gasteiger partial charge on any atom is 0.260 e. The number of para-hydroxylation sites is 4. The van der Waals surface area contributed by atoms with Crippen molar-refractivity contribution < 1.29 is 9.47 Å². The van der Waals surface area contributed by atoms with Crippen LogP contribution in [0.5, 0.6) is 23.0 Å². The Morgan fingerprint density at radius 2 is 0.849 bits per heavy atom. The fourth-order valence-electron chi connectivity index (χ4n) is 9.01. The van der Waals surface area contributed by atoms with E-state index in [-0.39, 0.29) is 6.71 Å². The molecule has 1 aromatic heterocycles. The molecule has 3 heterocycles. The summed E-state index contributed by atoms with van der Waals surface area (Å²) in [5.41, 5.74) is 8.07. The van der Waals surface area contributed by atoms with Crippen LogP contribution in [-0.2, 0) is 0 Å². The molecule has 248 valence electrons. The maximum absolute atomic E-state index is 6.72. The topological polar surface area (TPSA) is 23.4 Å². The summed E-state index contributed by atoms with van der Waals surface area (Å²) in [7, 11) is -3.03. The van der Waals surface area contributed by atoms with E-state index in [4.69, 9.17) is 9.47 Å². The predicted octanol–water partition coefficient (Wildman–Crippen LogP) is 7.70. The summed E-state index contributed by atoms with van der Waals surface area (Å²) in [4.78, 5) is 0. The molecule has 53 heavy (non-hydrogen) atoms. The largest absolute Gasteiger partial charge is 0.458 e. The minimum Gasteiger partial charge on any atom is -0.458 e. The Kier molecular flexibility index (Phi) is 6.67.